The molecule has 2 heteroatoms. The average molecular weight is 300 g/mol. The molecule has 112 valence electrons. The molecule has 0 aliphatic heterocycles. The molecule has 1 aliphatic carbocycles. The van der Waals surface area contributed by atoms with Crippen LogP contribution >= 0.6 is 0 Å². The third-order valence-corrected chi connectivity index (χ3v) is 4.52. The molecule has 3 aromatic rings. The van der Waals surface area contributed by atoms with E-state index in [1.54, 1.807) is 6.92 Å². The molecule has 4 rings (SSSR count). The van der Waals surface area contributed by atoms with Crippen LogP contribution < -0.4 is 0 Å². The van der Waals surface area contributed by atoms with Gasteiger partial charge in [0.1, 0.15) is 5.78 Å². The second-order valence-corrected chi connectivity index (χ2v) is 6.16. The smallest absolute Gasteiger partial charge is 0.194 e. The quantitative estimate of drug-likeness (QED) is 0.558. The number of rotatable bonds is 2. The van der Waals surface area contributed by atoms with Crippen molar-refractivity contribution in [2.75, 3.05) is 0 Å². The zero-order valence-electron chi connectivity index (χ0n) is 12.9. The van der Waals surface area contributed by atoms with Gasteiger partial charge in [0.2, 0.25) is 0 Å². The van der Waals surface area contributed by atoms with Crippen LogP contribution in [0.2, 0.25) is 0 Å². The van der Waals surface area contributed by atoms with Crippen LogP contribution in [0.4, 0.5) is 0 Å². The lowest BCUT2D eigenvalue weighted by atomic mass is 9.80. The lowest BCUT2D eigenvalue weighted by Crippen LogP contribution is -2.16. The maximum atomic E-state index is 13.0. The first-order valence-electron chi connectivity index (χ1n) is 7.80. The van der Waals surface area contributed by atoms with Gasteiger partial charge in [-0.05, 0) is 40.8 Å². The van der Waals surface area contributed by atoms with Gasteiger partial charge in [-0.3, -0.25) is 9.59 Å². The van der Waals surface area contributed by atoms with Gasteiger partial charge in [0.25, 0.3) is 0 Å². The molecular formula is C21H16O2. The van der Waals surface area contributed by atoms with E-state index < -0.39 is 0 Å². The van der Waals surface area contributed by atoms with Crippen molar-refractivity contribution in [3.63, 3.8) is 0 Å². The van der Waals surface area contributed by atoms with Crippen molar-refractivity contribution in [1.82, 2.24) is 0 Å². The van der Waals surface area contributed by atoms with Crippen LogP contribution in [-0.2, 0) is 17.6 Å². The molecule has 0 atom stereocenters. The molecule has 1 aliphatic rings. The average Bonchev–Trinajstić information content (AvgIpc) is 2.54. The van der Waals surface area contributed by atoms with E-state index in [9.17, 15) is 9.59 Å². The fourth-order valence-corrected chi connectivity index (χ4v) is 3.57. The molecule has 0 saturated heterocycles. The summed E-state index contributed by atoms with van der Waals surface area (Å²) >= 11 is 0. The van der Waals surface area contributed by atoms with Crippen LogP contribution in [0.1, 0.15) is 39.5 Å². The lowest BCUT2D eigenvalue weighted by molar-refractivity contribution is -0.116. The topological polar surface area (TPSA) is 34.1 Å². The van der Waals surface area contributed by atoms with E-state index in [0.717, 1.165) is 45.0 Å². The summed E-state index contributed by atoms with van der Waals surface area (Å²) in [4.78, 5) is 24.6. The Labute approximate surface area is 134 Å². The molecule has 0 radical (unpaired) electrons. The van der Waals surface area contributed by atoms with E-state index in [2.05, 4.69) is 0 Å². The highest BCUT2D eigenvalue weighted by molar-refractivity contribution is 6.19. The second-order valence-electron chi connectivity index (χ2n) is 6.16. The summed E-state index contributed by atoms with van der Waals surface area (Å²) in [5, 5.41) is 1.97. The van der Waals surface area contributed by atoms with Gasteiger partial charge in [0.05, 0.1) is 0 Å². The molecule has 0 heterocycles. The van der Waals surface area contributed by atoms with Crippen molar-refractivity contribution in [2.45, 2.75) is 19.8 Å². The van der Waals surface area contributed by atoms with E-state index in [1.807, 2.05) is 54.6 Å². The normalized spacial score (nSPS) is 12.8. The molecular weight excluding hydrogens is 284 g/mol. The molecule has 0 unspecified atom stereocenters. The number of Topliss-reactive ketones (excluding diaryl/α,β-unsaturated/α-hetero) is 1. The lowest BCUT2D eigenvalue weighted by Gasteiger charge is -2.22. The minimum Gasteiger partial charge on any atom is -0.300 e. The highest BCUT2D eigenvalue weighted by Crippen LogP contribution is 2.34. The molecule has 0 amide bonds. The molecule has 3 aromatic carbocycles. The van der Waals surface area contributed by atoms with Gasteiger partial charge in [-0.15, -0.1) is 0 Å². The van der Waals surface area contributed by atoms with Gasteiger partial charge < -0.3 is 0 Å². The summed E-state index contributed by atoms with van der Waals surface area (Å²) in [7, 11) is 0. The van der Waals surface area contributed by atoms with Gasteiger partial charge in [0.15, 0.2) is 5.78 Å². The Morgan fingerprint density at radius 2 is 1.65 bits per heavy atom. The summed E-state index contributed by atoms with van der Waals surface area (Å²) in [6.07, 6.45) is 1.15. The number of carbonyl (C=O) groups excluding carboxylic acids is 2. The van der Waals surface area contributed by atoms with Crippen molar-refractivity contribution >= 4 is 22.3 Å². The highest BCUT2D eigenvalue weighted by Gasteiger charge is 2.26. The molecule has 2 nitrogen and oxygen atoms in total. The number of ketones is 2. The second kappa shape index (κ2) is 5.17. The summed E-state index contributed by atoms with van der Waals surface area (Å²) in [6.45, 7) is 1.61. The number of hydrogen-bond acceptors (Lipinski definition) is 2. The van der Waals surface area contributed by atoms with Crippen LogP contribution in [0, 0.1) is 0 Å². The Morgan fingerprint density at radius 3 is 2.43 bits per heavy atom. The van der Waals surface area contributed by atoms with E-state index in [1.165, 1.54) is 0 Å². The Kier molecular flexibility index (Phi) is 3.12. The van der Waals surface area contributed by atoms with Crippen LogP contribution in [0.25, 0.3) is 10.8 Å². The monoisotopic (exact) mass is 300 g/mol. The van der Waals surface area contributed by atoms with Gasteiger partial charge >= 0.3 is 0 Å². The predicted octanol–water partition coefficient (Wildman–Crippen LogP) is 4.11. The van der Waals surface area contributed by atoms with Gasteiger partial charge in [-0.1, -0.05) is 54.6 Å². The van der Waals surface area contributed by atoms with Crippen LogP contribution in [0.5, 0.6) is 0 Å². The summed E-state index contributed by atoms with van der Waals surface area (Å²) in [5.74, 6) is 0.227. The minimum absolute atomic E-state index is 0.0902. The molecule has 0 N–H and O–H groups in total. The molecule has 0 aromatic heterocycles. The first-order valence-corrected chi connectivity index (χ1v) is 7.80. The van der Waals surface area contributed by atoms with Gasteiger partial charge in [0, 0.05) is 17.5 Å². The van der Waals surface area contributed by atoms with Crippen molar-refractivity contribution in [1.29, 1.82) is 0 Å². The molecule has 0 spiro atoms. The first kappa shape index (κ1) is 13.9. The zero-order chi connectivity index (χ0) is 16.0. The van der Waals surface area contributed by atoms with Crippen molar-refractivity contribution in [3.8, 4) is 0 Å². The molecule has 0 bridgehead atoms. The largest absolute Gasteiger partial charge is 0.300 e. The molecule has 0 fully saturated rings. The number of carbonyl (C=O) groups is 2. The minimum atomic E-state index is 0.0902. The Morgan fingerprint density at radius 1 is 0.957 bits per heavy atom. The van der Waals surface area contributed by atoms with E-state index in [0.29, 0.717) is 6.42 Å². The van der Waals surface area contributed by atoms with Gasteiger partial charge in [-0.25, -0.2) is 0 Å². The van der Waals surface area contributed by atoms with Crippen molar-refractivity contribution < 1.29 is 9.59 Å². The number of hydrogen-bond donors (Lipinski definition) is 0. The standard InChI is InChI=1S/C21H16O2/c1-13(22)10-15-12-16-11-14-6-2-3-8-18(14)21(23)20(16)19-9-5-4-7-17(15)19/h2-9,12H,10-11H2,1H3. The third-order valence-electron chi connectivity index (χ3n) is 4.52. The maximum Gasteiger partial charge on any atom is 0.194 e. The first-order chi connectivity index (χ1) is 11.1. The van der Waals surface area contributed by atoms with Gasteiger partial charge in [-0.2, -0.15) is 0 Å². The Balaban J connectivity index is 2.02. The van der Waals surface area contributed by atoms with Crippen LogP contribution in [-0.4, -0.2) is 11.6 Å². The van der Waals surface area contributed by atoms with Crippen molar-refractivity contribution in [3.05, 3.63) is 82.4 Å². The maximum absolute atomic E-state index is 13.0. The summed E-state index contributed by atoms with van der Waals surface area (Å²) in [6, 6.07) is 17.7. The Hall–Kier alpha value is -2.74. The zero-order valence-corrected chi connectivity index (χ0v) is 12.9. The van der Waals surface area contributed by atoms with E-state index in [4.69, 9.17) is 0 Å². The van der Waals surface area contributed by atoms with E-state index >= 15 is 0 Å². The molecule has 23 heavy (non-hydrogen) atoms. The summed E-state index contributed by atoms with van der Waals surface area (Å²) in [5.41, 5.74) is 4.70. The predicted molar refractivity (Wildman–Crippen MR) is 91.0 cm³/mol. The number of benzene rings is 3. The Bertz CT molecular complexity index is 967. The summed E-state index contributed by atoms with van der Waals surface area (Å²) < 4.78 is 0. The van der Waals surface area contributed by atoms with E-state index in [-0.39, 0.29) is 11.6 Å². The molecule has 0 saturated carbocycles. The third kappa shape index (κ3) is 2.18. The fourth-order valence-electron chi connectivity index (χ4n) is 3.57. The van der Waals surface area contributed by atoms with Crippen LogP contribution in [0.3, 0.4) is 0 Å². The number of fused-ring (bicyclic) bond motifs is 4. The highest BCUT2D eigenvalue weighted by atomic mass is 16.1. The SMILES string of the molecule is CC(=O)Cc1cc2c(c3ccccc13)C(=O)c1ccccc1C2. The van der Waals surface area contributed by atoms with Crippen molar-refractivity contribution in [2.24, 2.45) is 0 Å². The fraction of sp³-hybridized carbons (Fsp3) is 0.143. The van der Waals surface area contributed by atoms with Crippen LogP contribution in [0.15, 0.2) is 54.6 Å².